The molecule has 0 unspecified atom stereocenters. The molecule has 4 rings (SSSR count). The molecule has 32 heavy (non-hydrogen) atoms. The summed E-state index contributed by atoms with van der Waals surface area (Å²) in [5, 5.41) is 2.95. The normalized spacial score (nSPS) is 14.7. The highest BCUT2D eigenvalue weighted by Crippen LogP contribution is 2.27. The molecule has 8 heteroatoms. The Morgan fingerprint density at radius 3 is 2.22 bits per heavy atom. The smallest absolute Gasteiger partial charge is 0.257 e. The number of carbonyl (C=O) groups is 1. The quantitative estimate of drug-likeness (QED) is 0.511. The first-order valence-electron chi connectivity index (χ1n) is 10.4. The van der Waals surface area contributed by atoms with E-state index in [0.29, 0.717) is 30.3 Å². The minimum absolute atomic E-state index is 0.0700. The number of nitrogens with zero attached hydrogens (tertiary/aromatic N) is 1. The molecule has 1 saturated heterocycles. The molecule has 0 bridgehead atoms. The summed E-state index contributed by atoms with van der Waals surface area (Å²) in [5.41, 5.74) is 0.644. The summed E-state index contributed by atoms with van der Waals surface area (Å²) in [6, 6.07) is 20.5. The van der Waals surface area contributed by atoms with Gasteiger partial charge in [0.25, 0.3) is 5.91 Å². The first kappa shape index (κ1) is 22.3. The van der Waals surface area contributed by atoms with Crippen LogP contribution in [0.15, 0.2) is 77.7 Å². The minimum atomic E-state index is -3.66. The average Bonchev–Trinajstić information content (AvgIpc) is 2.82. The second kappa shape index (κ2) is 9.73. The Morgan fingerprint density at radius 1 is 0.875 bits per heavy atom. The van der Waals surface area contributed by atoms with Gasteiger partial charge in [-0.1, -0.05) is 36.2 Å². The summed E-state index contributed by atoms with van der Waals surface area (Å²) in [6.45, 7) is 0.980. The molecule has 1 N–H and O–H groups in total. The summed E-state index contributed by atoms with van der Waals surface area (Å²) in [6.07, 6.45) is 2.70. The number of piperidine rings is 1. The highest BCUT2D eigenvalue weighted by Gasteiger charge is 2.27. The Hall–Kier alpha value is -2.87. The summed E-state index contributed by atoms with van der Waals surface area (Å²) in [4.78, 5) is 12.9. The maximum atomic E-state index is 13.0. The van der Waals surface area contributed by atoms with Crippen molar-refractivity contribution in [1.82, 2.24) is 4.31 Å². The Kier molecular flexibility index (Phi) is 6.79. The van der Waals surface area contributed by atoms with E-state index in [9.17, 15) is 13.2 Å². The number of para-hydroxylation sites is 1. The molecular weight excluding hydrogens is 448 g/mol. The number of carbonyl (C=O) groups excluding carboxylic acids is 1. The van der Waals surface area contributed by atoms with Crippen LogP contribution in [0.25, 0.3) is 0 Å². The van der Waals surface area contributed by atoms with Crippen molar-refractivity contribution in [3.8, 4) is 11.5 Å². The third kappa shape index (κ3) is 5.12. The number of ether oxygens (including phenoxy) is 1. The molecule has 6 nitrogen and oxygen atoms in total. The SMILES string of the molecule is O=C(Nc1ccc(Oc2ccccc2)cc1)c1cc(S(=O)(=O)N2CCCCC2)ccc1Cl. The van der Waals surface area contributed by atoms with Crippen molar-refractivity contribution in [2.24, 2.45) is 0 Å². The fourth-order valence-corrected chi connectivity index (χ4v) is 5.27. The van der Waals surface area contributed by atoms with Gasteiger partial charge in [0.1, 0.15) is 11.5 Å². The van der Waals surface area contributed by atoms with Crippen molar-refractivity contribution in [2.75, 3.05) is 18.4 Å². The second-order valence-corrected chi connectivity index (χ2v) is 9.85. The van der Waals surface area contributed by atoms with Gasteiger partial charge >= 0.3 is 0 Å². The van der Waals surface area contributed by atoms with Crippen molar-refractivity contribution in [1.29, 1.82) is 0 Å². The number of anilines is 1. The molecule has 1 aliphatic heterocycles. The number of hydrogen-bond acceptors (Lipinski definition) is 4. The number of amides is 1. The molecular formula is C24H23ClN2O4S. The second-order valence-electron chi connectivity index (χ2n) is 7.50. The van der Waals surface area contributed by atoms with E-state index in [2.05, 4.69) is 5.32 Å². The van der Waals surface area contributed by atoms with Crippen LogP contribution in [0, 0.1) is 0 Å². The molecule has 0 atom stereocenters. The molecule has 3 aromatic rings. The fraction of sp³-hybridized carbons (Fsp3) is 0.208. The molecule has 0 spiro atoms. The first-order chi connectivity index (χ1) is 15.4. The predicted octanol–water partition coefficient (Wildman–Crippen LogP) is 5.56. The van der Waals surface area contributed by atoms with Crippen LogP contribution >= 0.6 is 11.6 Å². The van der Waals surface area contributed by atoms with E-state index in [4.69, 9.17) is 16.3 Å². The Labute approximate surface area is 192 Å². The van der Waals surface area contributed by atoms with Crippen LogP contribution in [0.5, 0.6) is 11.5 Å². The Bertz CT molecular complexity index is 1190. The number of nitrogens with one attached hydrogen (secondary N) is 1. The van der Waals surface area contributed by atoms with Gasteiger partial charge in [0.2, 0.25) is 10.0 Å². The van der Waals surface area contributed by atoms with Crippen molar-refractivity contribution in [2.45, 2.75) is 24.2 Å². The number of sulfonamides is 1. The van der Waals surface area contributed by atoms with Crippen LogP contribution in [-0.4, -0.2) is 31.7 Å². The van der Waals surface area contributed by atoms with E-state index in [1.807, 2.05) is 30.3 Å². The highest BCUT2D eigenvalue weighted by atomic mass is 35.5. The number of benzene rings is 3. The van der Waals surface area contributed by atoms with Crippen LogP contribution in [0.3, 0.4) is 0 Å². The lowest BCUT2D eigenvalue weighted by Gasteiger charge is -2.26. The number of halogens is 1. The van der Waals surface area contributed by atoms with E-state index >= 15 is 0 Å². The summed E-state index contributed by atoms with van der Waals surface area (Å²) < 4.78 is 33.1. The standard InChI is InChI=1S/C24H23ClN2O4S/c25-23-14-13-21(32(29,30)27-15-5-2-6-16-27)17-22(23)24(28)26-18-9-11-20(12-10-18)31-19-7-3-1-4-8-19/h1,3-4,7-14,17H,2,5-6,15-16H2,(H,26,28). The molecule has 3 aromatic carbocycles. The topological polar surface area (TPSA) is 75.7 Å². The van der Waals surface area contributed by atoms with Crippen molar-refractivity contribution >= 4 is 33.2 Å². The van der Waals surface area contributed by atoms with Crippen molar-refractivity contribution < 1.29 is 17.9 Å². The lowest BCUT2D eigenvalue weighted by molar-refractivity contribution is 0.102. The van der Waals surface area contributed by atoms with Gasteiger partial charge < -0.3 is 10.1 Å². The summed E-state index contributed by atoms with van der Waals surface area (Å²) >= 11 is 6.22. The maximum Gasteiger partial charge on any atom is 0.257 e. The van der Waals surface area contributed by atoms with Gasteiger partial charge in [-0.2, -0.15) is 4.31 Å². The van der Waals surface area contributed by atoms with E-state index < -0.39 is 15.9 Å². The zero-order valence-corrected chi connectivity index (χ0v) is 18.9. The van der Waals surface area contributed by atoms with Crippen LogP contribution in [0.2, 0.25) is 5.02 Å². The maximum absolute atomic E-state index is 13.0. The fourth-order valence-electron chi connectivity index (χ4n) is 3.52. The van der Waals surface area contributed by atoms with E-state index in [-0.39, 0.29) is 15.5 Å². The van der Waals surface area contributed by atoms with Gasteiger partial charge in [0.05, 0.1) is 15.5 Å². The molecule has 0 saturated carbocycles. The number of hydrogen-bond donors (Lipinski definition) is 1. The molecule has 166 valence electrons. The zero-order chi connectivity index (χ0) is 22.6. The molecule has 1 aliphatic rings. The predicted molar refractivity (Wildman–Crippen MR) is 125 cm³/mol. The zero-order valence-electron chi connectivity index (χ0n) is 17.3. The van der Waals surface area contributed by atoms with Gasteiger partial charge in [-0.3, -0.25) is 4.79 Å². The van der Waals surface area contributed by atoms with Gasteiger partial charge in [-0.05, 0) is 67.4 Å². The largest absolute Gasteiger partial charge is 0.457 e. The van der Waals surface area contributed by atoms with Gasteiger partial charge in [-0.15, -0.1) is 0 Å². The molecule has 1 amide bonds. The monoisotopic (exact) mass is 470 g/mol. The molecule has 1 fully saturated rings. The Balaban J connectivity index is 1.49. The van der Waals surface area contributed by atoms with Crippen molar-refractivity contribution in [3.05, 3.63) is 83.4 Å². The van der Waals surface area contributed by atoms with Crippen molar-refractivity contribution in [3.63, 3.8) is 0 Å². The third-order valence-corrected chi connectivity index (χ3v) is 7.45. The summed E-state index contributed by atoms with van der Waals surface area (Å²) in [5.74, 6) is 0.854. The van der Waals surface area contributed by atoms with E-state index in [0.717, 1.165) is 19.3 Å². The average molecular weight is 471 g/mol. The van der Waals surface area contributed by atoms with E-state index in [1.54, 1.807) is 24.3 Å². The molecule has 0 aromatic heterocycles. The molecule has 0 radical (unpaired) electrons. The highest BCUT2D eigenvalue weighted by molar-refractivity contribution is 7.89. The Morgan fingerprint density at radius 2 is 1.53 bits per heavy atom. The van der Waals surface area contributed by atoms with Crippen LogP contribution in [-0.2, 0) is 10.0 Å². The van der Waals surface area contributed by atoms with Crippen LogP contribution in [0.1, 0.15) is 29.6 Å². The lowest BCUT2D eigenvalue weighted by Crippen LogP contribution is -2.35. The van der Waals surface area contributed by atoms with E-state index in [1.165, 1.54) is 22.5 Å². The first-order valence-corrected chi connectivity index (χ1v) is 12.2. The number of rotatable bonds is 6. The van der Waals surface area contributed by atoms with Crippen LogP contribution < -0.4 is 10.1 Å². The molecule has 1 heterocycles. The lowest BCUT2D eigenvalue weighted by atomic mass is 10.2. The minimum Gasteiger partial charge on any atom is -0.457 e. The van der Waals surface area contributed by atoms with Crippen LogP contribution in [0.4, 0.5) is 5.69 Å². The summed E-state index contributed by atoms with van der Waals surface area (Å²) in [7, 11) is -3.66. The van der Waals surface area contributed by atoms with Gasteiger partial charge in [0.15, 0.2) is 0 Å². The van der Waals surface area contributed by atoms with Gasteiger partial charge in [0, 0.05) is 18.8 Å². The molecule has 0 aliphatic carbocycles. The van der Waals surface area contributed by atoms with Gasteiger partial charge in [-0.25, -0.2) is 8.42 Å². The third-order valence-electron chi connectivity index (χ3n) is 5.23.